The summed E-state index contributed by atoms with van der Waals surface area (Å²) in [6, 6.07) is 6.54. The van der Waals surface area contributed by atoms with Gasteiger partial charge in [0, 0.05) is 13.1 Å². The molecule has 0 aliphatic carbocycles. The van der Waals surface area contributed by atoms with Crippen LogP contribution in [0.3, 0.4) is 0 Å². The van der Waals surface area contributed by atoms with Gasteiger partial charge in [-0.05, 0) is 38.0 Å². The van der Waals surface area contributed by atoms with Crippen LogP contribution in [0.5, 0.6) is 5.75 Å². The van der Waals surface area contributed by atoms with Crippen molar-refractivity contribution in [2.24, 2.45) is 0 Å². The highest BCUT2D eigenvalue weighted by molar-refractivity contribution is 5.73. The molecule has 0 unspecified atom stereocenters. The second-order valence-corrected chi connectivity index (χ2v) is 5.27. The van der Waals surface area contributed by atoms with Crippen LogP contribution in [0.4, 0.5) is 18.0 Å². The molecule has 8 heteroatoms. The van der Waals surface area contributed by atoms with Gasteiger partial charge in [0.25, 0.3) is 0 Å². The van der Waals surface area contributed by atoms with Gasteiger partial charge in [-0.15, -0.1) is 0 Å². The van der Waals surface area contributed by atoms with Gasteiger partial charge >= 0.3 is 12.2 Å². The summed E-state index contributed by atoms with van der Waals surface area (Å²) >= 11 is 0. The Morgan fingerprint density at radius 2 is 2.00 bits per heavy atom. The van der Waals surface area contributed by atoms with Gasteiger partial charge in [0.1, 0.15) is 5.75 Å². The molecule has 1 aromatic carbocycles. The Morgan fingerprint density at radius 1 is 1.30 bits per heavy atom. The van der Waals surface area contributed by atoms with Crippen LogP contribution in [0.2, 0.25) is 0 Å². The predicted octanol–water partition coefficient (Wildman–Crippen LogP) is 2.59. The quantitative estimate of drug-likeness (QED) is 0.718. The van der Waals surface area contributed by atoms with Crippen molar-refractivity contribution in [1.82, 2.24) is 10.6 Å². The van der Waals surface area contributed by atoms with Gasteiger partial charge in [-0.3, -0.25) is 0 Å². The summed E-state index contributed by atoms with van der Waals surface area (Å²) < 4.78 is 41.8. The molecular formula is C15H21F3N2O3. The first kappa shape index (κ1) is 19.1. The molecule has 0 aromatic heterocycles. The fourth-order valence-corrected chi connectivity index (χ4v) is 1.73. The maximum Gasteiger partial charge on any atom is 0.414 e. The zero-order chi connectivity index (χ0) is 17.5. The largest absolute Gasteiger partial charge is 0.491 e. The molecule has 0 saturated carbocycles. The molecule has 0 spiro atoms. The van der Waals surface area contributed by atoms with Gasteiger partial charge in [0.05, 0.1) is 6.10 Å². The standard InChI is InChI=1S/C15H21F3N2O3/c1-10(2)23-12-5-3-4-11(8-12)9-20-14(22)19-7-6-13(21)15(16,17)18/h3-5,8,10,13,21H,6-7,9H2,1-2H3,(H2,19,20,22)/t13-/m0/s1. The average molecular weight is 334 g/mol. The van der Waals surface area contributed by atoms with Crippen molar-refractivity contribution >= 4 is 6.03 Å². The average Bonchev–Trinajstić information content (AvgIpc) is 2.43. The first-order valence-electron chi connectivity index (χ1n) is 7.20. The van der Waals surface area contributed by atoms with E-state index >= 15 is 0 Å². The van der Waals surface area contributed by atoms with Crippen LogP contribution in [0.15, 0.2) is 24.3 Å². The second kappa shape index (κ2) is 8.61. The van der Waals surface area contributed by atoms with Crippen molar-refractivity contribution in [3.63, 3.8) is 0 Å². The maximum atomic E-state index is 12.1. The number of carbonyl (C=O) groups is 1. The molecule has 0 bridgehead atoms. The van der Waals surface area contributed by atoms with Crippen LogP contribution in [0.25, 0.3) is 0 Å². The van der Waals surface area contributed by atoms with E-state index in [1.807, 2.05) is 13.8 Å². The summed E-state index contributed by atoms with van der Waals surface area (Å²) in [5.74, 6) is 0.674. The molecule has 0 saturated heterocycles. The number of amides is 2. The number of ether oxygens (including phenoxy) is 1. The summed E-state index contributed by atoms with van der Waals surface area (Å²) in [6.07, 6.45) is -7.67. The number of benzene rings is 1. The molecule has 0 aliphatic rings. The fourth-order valence-electron chi connectivity index (χ4n) is 1.73. The maximum absolute atomic E-state index is 12.1. The summed E-state index contributed by atoms with van der Waals surface area (Å²) in [5.41, 5.74) is 0.800. The Kier molecular flexibility index (Phi) is 7.15. The SMILES string of the molecule is CC(C)Oc1cccc(CNC(=O)NCC[C@H](O)C(F)(F)F)c1. The van der Waals surface area contributed by atoms with Crippen LogP contribution in [-0.2, 0) is 6.54 Å². The number of aliphatic hydroxyl groups is 1. The van der Waals surface area contributed by atoms with Crippen LogP contribution in [0.1, 0.15) is 25.8 Å². The van der Waals surface area contributed by atoms with E-state index in [9.17, 15) is 18.0 Å². The highest BCUT2D eigenvalue weighted by Crippen LogP contribution is 2.21. The van der Waals surface area contributed by atoms with Gasteiger partial charge in [-0.2, -0.15) is 13.2 Å². The van der Waals surface area contributed by atoms with Gasteiger partial charge in [-0.25, -0.2) is 4.79 Å². The van der Waals surface area contributed by atoms with Gasteiger partial charge < -0.3 is 20.5 Å². The van der Waals surface area contributed by atoms with Crippen molar-refractivity contribution in [1.29, 1.82) is 0 Å². The topological polar surface area (TPSA) is 70.6 Å². The number of carbonyl (C=O) groups excluding carboxylic acids is 1. The smallest absolute Gasteiger partial charge is 0.414 e. The van der Waals surface area contributed by atoms with E-state index in [2.05, 4.69) is 10.6 Å². The number of rotatable bonds is 7. The molecule has 130 valence electrons. The van der Waals surface area contributed by atoms with Crippen LogP contribution in [-0.4, -0.2) is 36.1 Å². The third-order valence-corrected chi connectivity index (χ3v) is 2.80. The number of halogens is 3. The number of nitrogens with one attached hydrogen (secondary N) is 2. The van der Waals surface area contributed by atoms with Crippen molar-refractivity contribution < 1.29 is 27.8 Å². The molecule has 23 heavy (non-hydrogen) atoms. The summed E-state index contributed by atoms with van der Waals surface area (Å²) in [4.78, 5) is 11.5. The zero-order valence-electron chi connectivity index (χ0n) is 13.0. The molecule has 0 heterocycles. The summed E-state index contributed by atoms with van der Waals surface area (Å²) in [5, 5.41) is 13.6. The van der Waals surface area contributed by atoms with Gasteiger partial charge in [0.15, 0.2) is 6.10 Å². The molecule has 5 nitrogen and oxygen atoms in total. The van der Waals surface area contributed by atoms with Crippen LogP contribution in [0, 0.1) is 0 Å². The molecular weight excluding hydrogens is 313 g/mol. The summed E-state index contributed by atoms with van der Waals surface area (Å²) in [7, 11) is 0. The third kappa shape index (κ3) is 7.73. The number of aliphatic hydroxyl groups excluding tert-OH is 1. The molecule has 0 aliphatic heterocycles. The van der Waals surface area contributed by atoms with Gasteiger partial charge in [-0.1, -0.05) is 12.1 Å². The van der Waals surface area contributed by atoms with E-state index in [-0.39, 0.29) is 19.2 Å². The van der Waals surface area contributed by atoms with E-state index < -0.39 is 24.7 Å². The first-order valence-corrected chi connectivity index (χ1v) is 7.20. The lowest BCUT2D eigenvalue weighted by Gasteiger charge is -2.15. The normalized spacial score (nSPS) is 12.8. The minimum atomic E-state index is -4.67. The zero-order valence-corrected chi connectivity index (χ0v) is 13.0. The molecule has 1 aromatic rings. The lowest BCUT2D eigenvalue weighted by atomic mass is 10.2. The Labute approximate surface area is 132 Å². The van der Waals surface area contributed by atoms with Crippen molar-refractivity contribution in [3.8, 4) is 5.75 Å². The number of urea groups is 1. The molecule has 0 fully saturated rings. The summed E-state index contributed by atoms with van der Waals surface area (Å²) in [6.45, 7) is 3.73. The third-order valence-electron chi connectivity index (χ3n) is 2.80. The lowest BCUT2D eigenvalue weighted by Crippen LogP contribution is -2.38. The number of hydrogen-bond donors (Lipinski definition) is 3. The molecule has 3 N–H and O–H groups in total. The van der Waals surface area contributed by atoms with E-state index in [0.29, 0.717) is 5.75 Å². The fraction of sp³-hybridized carbons (Fsp3) is 0.533. The number of alkyl halides is 3. The van der Waals surface area contributed by atoms with E-state index in [4.69, 9.17) is 9.84 Å². The molecule has 2 amide bonds. The Balaban J connectivity index is 2.33. The minimum absolute atomic E-state index is 0.0292. The predicted molar refractivity (Wildman–Crippen MR) is 79.1 cm³/mol. The highest BCUT2D eigenvalue weighted by atomic mass is 19.4. The second-order valence-electron chi connectivity index (χ2n) is 5.27. The monoisotopic (exact) mass is 334 g/mol. The van der Waals surface area contributed by atoms with E-state index in [0.717, 1.165) is 5.56 Å². The van der Waals surface area contributed by atoms with Crippen LogP contribution >= 0.6 is 0 Å². The Bertz CT molecular complexity index is 507. The minimum Gasteiger partial charge on any atom is -0.491 e. The number of hydrogen-bond acceptors (Lipinski definition) is 3. The Morgan fingerprint density at radius 3 is 2.61 bits per heavy atom. The Hall–Kier alpha value is -1.96. The van der Waals surface area contributed by atoms with Gasteiger partial charge in [0.2, 0.25) is 0 Å². The van der Waals surface area contributed by atoms with Crippen LogP contribution < -0.4 is 15.4 Å². The van der Waals surface area contributed by atoms with Crippen molar-refractivity contribution in [2.75, 3.05) is 6.54 Å². The van der Waals surface area contributed by atoms with Crippen molar-refractivity contribution in [3.05, 3.63) is 29.8 Å². The van der Waals surface area contributed by atoms with E-state index in [1.54, 1.807) is 24.3 Å². The van der Waals surface area contributed by atoms with Crippen molar-refractivity contribution in [2.45, 2.75) is 45.2 Å². The first-order chi connectivity index (χ1) is 10.7. The lowest BCUT2D eigenvalue weighted by molar-refractivity contribution is -0.204. The molecule has 1 rings (SSSR count). The molecule has 0 radical (unpaired) electrons. The highest BCUT2D eigenvalue weighted by Gasteiger charge is 2.37. The van der Waals surface area contributed by atoms with E-state index in [1.165, 1.54) is 0 Å². The molecule has 1 atom stereocenters.